The van der Waals surface area contributed by atoms with Crippen molar-refractivity contribution >= 4 is 0 Å². The number of unbranched alkanes of at least 4 members (excludes halogenated alkanes) is 4. The highest BCUT2D eigenvalue weighted by molar-refractivity contribution is 5.43. The van der Waals surface area contributed by atoms with E-state index in [-0.39, 0.29) is 6.04 Å². The first-order valence-corrected chi connectivity index (χ1v) is 8.57. The second-order valence-corrected chi connectivity index (χ2v) is 6.19. The van der Waals surface area contributed by atoms with Crippen LogP contribution in [0.4, 0.5) is 0 Å². The second-order valence-electron chi connectivity index (χ2n) is 6.19. The van der Waals surface area contributed by atoms with Crippen molar-refractivity contribution < 1.29 is 4.74 Å². The Morgan fingerprint density at radius 2 is 1.62 bits per heavy atom. The molecule has 0 aliphatic carbocycles. The molecule has 21 heavy (non-hydrogen) atoms. The van der Waals surface area contributed by atoms with Crippen LogP contribution in [0.15, 0.2) is 12.1 Å². The van der Waals surface area contributed by atoms with Crippen molar-refractivity contribution in [2.75, 3.05) is 6.61 Å². The lowest BCUT2D eigenvalue weighted by Crippen LogP contribution is -2.21. The van der Waals surface area contributed by atoms with Crippen LogP contribution in [0.1, 0.15) is 69.1 Å². The van der Waals surface area contributed by atoms with Crippen molar-refractivity contribution in [1.82, 2.24) is 0 Å². The van der Waals surface area contributed by atoms with Crippen molar-refractivity contribution in [3.05, 3.63) is 28.8 Å². The summed E-state index contributed by atoms with van der Waals surface area (Å²) in [5.74, 6) is 1.07. The van der Waals surface area contributed by atoms with Gasteiger partial charge in [-0.3, -0.25) is 0 Å². The molecular weight excluding hydrogens is 258 g/mol. The molecule has 0 spiro atoms. The van der Waals surface area contributed by atoms with Crippen LogP contribution in [-0.2, 0) is 6.42 Å². The Morgan fingerprint density at radius 1 is 1.00 bits per heavy atom. The molecule has 1 aromatic carbocycles. The van der Waals surface area contributed by atoms with Crippen molar-refractivity contribution in [3.63, 3.8) is 0 Å². The number of nitrogens with two attached hydrogens (primary N) is 1. The topological polar surface area (TPSA) is 35.2 Å². The smallest absolute Gasteiger partial charge is 0.125 e. The maximum absolute atomic E-state index is 6.05. The minimum absolute atomic E-state index is 0.258. The van der Waals surface area contributed by atoms with E-state index in [1.165, 1.54) is 42.4 Å². The fourth-order valence-electron chi connectivity index (χ4n) is 2.71. The van der Waals surface area contributed by atoms with E-state index >= 15 is 0 Å². The molecule has 0 amide bonds. The lowest BCUT2D eigenvalue weighted by molar-refractivity contribution is 0.300. The molecule has 0 saturated heterocycles. The van der Waals surface area contributed by atoms with E-state index in [9.17, 15) is 0 Å². The fraction of sp³-hybridized carbons (Fsp3) is 0.684. The monoisotopic (exact) mass is 291 g/mol. The van der Waals surface area contributed by atoms with Crippen LogP contribution in [0.3, 0.4) is 0 Å². The normalized spacial score (nSPS) is 12.4. The molecule has 1 unspecified atom stereocenters. The van der Waals surface area contributed by atoms with Crippen LogP contribution in [-0.4, -0.2) is 12.6 Å². The lowest BCUT2D eigenvalue weighted by atomic mass is 9.99. The van der Waals surface area contributed by atoms with Gasteiger partial charge in [-0.15, -0.1) is 0 Å². The SMILES string of the molecule is CCCCCCCOc1c(C)cc(CC(N)CC)cc1C. The molecule has 1 rings (SSSR count). The summed E-state index contributed by atoms with van der Waals surface area (Å²) >= 11 is 0. The third-order valence-corrected chi connectivity index (χ3v) is 4.04. The van der Waals surface area contributed by atoms with Gasteiger partial charge in [-0.05, 0) is 49.8 Å². The predicted molar refractivity (Wildman–Crippen MR) is 92.1 cm³/mol. The first kappa shape index (κ1) is 18.0. The Bertz CT molecular complexity index is 391. The third kappa shape index (κ3) is 6.52. The van der Waals surface area contributed by atoms with Gasteiger partial charge in [-0.25, -0.2) is 0 Å². The van der Waals surface area contributed by atoms with Crippen LogP contribution < -0.4 is 10.5 Å². The minimum Gasteiger partial charge on any atom is -0.493 e. The summed E-state index contributed by atoms with van der Waals surface area (Å²) in [6.07, 6.45) is 8.36. The van der Waals surface area contributed by atoms with E-state index in [4.69, 9.17) is 10.5 Å². The van der Waals surface area contributed by atoms with Crippen LogP contribution in [0.25, 0.3) is 0 Å². The number of hydrogen-bond donors (Lipinski definition) is 1. The minimum atomic E-state index is 0.258. The standard InChI is InChI=1S/C19H33NO/c1-5-7-8-9-10-11-21-19-15(3)12-17(13-16(19)4)14-18(20)6-2/h12-13,18H,5-11,14,20H2,1-4H3. The van der Waals surface area contributed by atoms with Crippen LogP contribution >= 0.6 is 0 Å². The molecule has 1 aromatic rings. The Kier molecular flexibility index (Phi) is 8.44. The number of benzene rings is 1. The molecule has 2 heteroatoms. The zero-order valence-corrected chi connectivity index (χ0v) is 14.4. The van der Waals surface area contributed by atoms with Crippen molar-refractivity contribution in [2.24, 2.45) is 5.73 Å². The van der Waals surface area contributed by atoms with Gasteiger partial charge in [-0.1, -0.05) is 51.7 Å². The van der Waals surface area contributed by atoms with Crippen molar-refractivity contribution in [2.45, 2.75) is 78.7 Å². The summed E-state index contributed by atoms with van der Waals surface area (Å²) < 4.78 is 6.00. The van der Waals surface area contributed by atoms with E-state index in [0.717, 1.165) is 31.6 Å². The Morgan fingerprint density at radius 3 is 2.19 bits per heavy atom. The quantitative estimate of drug-likeness (QED) is 0.620. The first-order valence-electron chi connectivity index (χ1n) is 8.57. The van der Waals surface area contributed by atoms with Gasteiger partial charge in [0, 0.05) is 6.04 Å². The molecular formula is C19H33NO. The highest BCUT2D eigenvalue weighted by Crippen LogP contribution is 2.26. The molecule has 2 nitrogen and oxygen atoms in total. The highest BCUT2D eigenvalue weighted by atomic mass is 16.5. The van der Waals surface area contributed by atoms with Gasteiger partial charge in [0.25, 0.3) is 0 Å². The van der Waals surface area contributed by atoms with Gasteiger partial charge in [0.05, 0.1) is 6.61 Å². The van der Waals surface area contributed by atoms with Gasteiger partial charge in [0.1, 0.15) is 5.75 Å². The maximum atomic E-state index is 6.05. The average Bonchev–Trinajstić information content (AvgIpc) is 2.44. The Labute approximate surface area is 131 Å². The van der Waals surface area contributed by atoms with Crippen LogP contribution in [0, 0.1) is 13.8 Å². The van der Waals surface area contributed by atoms with Crippen LogP contribution in [0.2, 0.25) is 0 Å². The molecule has 0 radical (unpaired) electrons. The summed E-state index contributed by atoms with van der Waals surface area (Å²) in [5, 5.41) is 0. The summed E-state index contributed by atoms with van der Waals surface area (Å²) in [6.45, 7) is 9.50. The van der Waals surface area contributed by atoms with E-state index in [0.29, 0.717) is 0 Å². The van der Waals surface area contributed by atoms with Crippen molar-refractivity contribution in [1.29, 1.82) is 0 Å². The van der Waals surface area contributed by atoms with E-state index in [2.05, 4.69) is 39.8 Å². The Balaban J connectivity index is 2.51. The summed E-state index contributed by atoms with van der Waals surface area (Å²) in [6, 6.07) is 4.72. The largest absolute Gasteiger partial charge is 0.493 e. The van der Waals surface area contributed by atoms with Gasteiger partial charge in [0.2, 0.25) is 0 Å². The number of hydrogen-bond acceptors (Lipinski definition) is 2. The number of ether oxygens (including phenoxy) is 1. The Hall–Kier alpha value is -1.02. The van der Waals surface area contributed by atoms with E-state index < -0.39 is 0 Å². The molecule has 0 fully saturated rings. The highest BCUT2D eigenvalue weighted by Gasteiger charge is 2.08. The predicted octanol–water partition coefficient (Wildman–Crippen LogP) is 4.93. The maximum Gasteiger partial charge on any atom is 0.125 e. The molecule has 0 heterocycles. The van der Waals surface area contributed by atoms with Crippen molar-refractivity contribution in [3.8, 4) is 5.75 Å². The number of aryl methyl sites for hydroxylation is 2. The lowest BCUT2D eigenvalue weighted by Gasteiger charge is -2.15. The van der Waals surface area contributed by atoms with Gasteiger partial charge in [-0.2, -0.15) is 0 Å². The van der Waals surface area contributed by atoms with E-state index in [1.54, 1.807) is 0 Å². The molecule has 120 valence electrons. The molecule has 0 aliphatic heterocycles. The molecule has 2 N–H and O–H groups in total. The zero-order valence-electron chi connectivity index (χ0n) is 14.4. The average molecular weight is 291 g/mol. The van der Waals surface area contributed by atoms with Gasteiger partial charge in [0.15, 0.2) is 0 Å². The molecule has 0 saturated carbocycles. The third-order valence-electron chi connectivity index (χ3n) is 4.04. The molecule has 0 bridgehead atoms. The molecule has 0 aliphatic rings. The van der Waals surface area contributed by atoms with Crippen LogP contribution in [0.5, 0.6) is 5.75 Å². The summed E-state index contributed by atoms with van der Waals surface area (Å²) in [4.78, 5) is 0. The second kappa shape index (κ2) is 9.83. The van der Waals surface area contributed by atoms with Gasteiger partial charge < -0.3 is 10.5 Å². The molecule has 1 atom stereocenters. The zero-order chi connectivity index (χ0) is 15.7. The van der Waals surface area contributed by atoms with Gasteiger partial charge >= 0.3 is 0 Å². The summed E-state index contributed by atoms with van der Waals surface area (Å²) in [5.41, 5.74) is 9.85. The van der Waals surface area contributed by atoms with E-state index in [1.807, 2.05) is 0 Å². The summed E-state index contributed by atoms with van der Waals surface area (Å²) in [7, 11) is 0. The first-order chi connectivity index (χ1) is 10.1. The molecule has 0 aromatic heterocycles. The fourth-order valence-corrected chi connectivity index (χ4v) is 2.71. The number of rotatable bonds is 10.